The highest BCUT2D eigenvalue weighted by Gasteiger charge is 2.25. The summed E-state index contributed by atoms with van der Waals surface area (Å²) in [5, 5.41) is 11.4. The van der Waals surface area contributed by atoms with Crippen LogP contribution in [0.1, 0.15) is 17.3 Å². The molecule has 2 heterocycles. The van der Waals surface area contributed by atoms with Gasteiger partial charge in [-0.1, -0.05) is 18.2 Å². The Morgan fingerprint density at radius 2 is 1.87 bits per heavy atom. The summed E-state index contributed by atoms with van der Waals surface area (Å²) in [5.41, 5.74) is 5.45. The van der Waals surface area contributed by atoms with Crippen LogP contribution in [0.2, 0.25) is 0 Å². The number of rotatable bonds is 5. The van der Waals surface area contributed by atoms with E-state index in [1.54, 1.807) is 25.4 Å². The monoisotopic (exact) mass is 415 g/mol. The molecule has 0 unspecified atom stereocenters. The topological polar surface area (TPSA) is 67.6 Å². The zero-order chi connectivity index (χ0) is 22.1. The molecule has 4 aromatic rings. The van der Waals surface area contributed by atoms with E-state index in [9.17, 15) is 9.90 Å². The molecule has 0 aliphatic heterocycles. The van der Waals surface area contributed by atoms with Gasteiger partial charge in [-0.2, -0.15) is 0 Å². The molecule has 6 heteroatoms. The van der Waals surface area contributed by atoms with E-state index in [-0.39, 0.29) is 12.4 Å². The average molecular weight is 415 g/mol. The summed E-state index contributed by atoms with van der Waals surface area (Å²) in [4.78, 5) is 19.1. The molecule has 0 atom stereocenters. The molecule has 0 spiro atoms. The number of nitrogens with zero attached hydrogens (tertiary/aromatic N) is 3. The van der Waals surface area contributed by atoms with Crippen molar-refractivity contribution in [1.82, 2.24) is 9.55 Å². The van der Waals surface area contributed by atoms with Crippen LogP contribution in [-0.2, 0) is 11.8 Å². The lowest BCUT2D eigenvalue weighted by Gasteiger charge is -2.14. The minimum absolute atomic E-state index is 0.0890. The highest BCUT2D eigenvalue weighted by molar-refractivity contribution is 6.12. The lowest BCUT2D eigenvalue weighted by Crippen LogP contribution is -2.09. The lowest BCUT2D eigenvalue weighted by atomic mass is 10.0. The van der Waals surface area contributed by atoms with Crippen LogP contribution in [0, 0.1) is 0 Å². The van der Waals surface area contributed by atoms with Gasteiger partial charge in [-0.3, -0.25) is 4.98 Å². The number of carbonyl (C=O) groups excluding carboxylic acids is 1. The summed E-state index contributed by atoms with van der Waals surface area (Å²) in [6, 6.07) is 15.3. The number of anilines is 1. The molecule has 0 fully saturated rings. The highest BCUT2D eigenvalue weighted by Crippen LogP contribution is 2.40. The smallest absolute Gasteiger partial charge is 0.340 e. The van der Waals surface area contributed by atoms with Crippen LogP contribution in [0.4, 0.5) is 5.69 Å². The van der Waals surface area contributed by atoms with Crippen molar-refractivity contribution in [2.24, 2.45) is 7.05 Å². The Kier molecular flexibility index (Phi) is 5.38. The summed E-state index contributed by atoms with van der Waals surface area (Å²) in [7, 11) is 5.89. The number of pyridine rings is 1. The van der Waals surface area contributed by atoms with Gasteiger partial charge in [0.25, 0.3) is 0 Å². The van der Waals surface area contributed by atoms with E-state index in [2.05, 4.69) is 4.98 Å². The van der Waals surface area contributed by atoms with Crippen LogP contribution in [-0.4, -0.2) is 41.3 Å². The minimum Gasteiger partial charge on any atom is -0.507 e. The van der Waals surface area contributed by atoms with Gasteiger partial charge in [0.05, 0.1) is 23.4 Å². The Hall–Kier alpha value is -3.80. The third-order valence-corrected chi connectivity index (χ3v) is 5.43. The first-order valence-electron chi connectivity index (χ1n) is 10.1. The molecule has 0 aliphatic rings. The fourth-order valence-electron chi connectivity index (χ4n) is 3.89. The molecular formula is C25H25N3O3. The number of aromatic hydroxyl groups is 1. The molecule has 0 aliphatic carbocycles. The number of aromatic nitrogens is 2. The van der Waals surface area contributed by atoms with Gasteiger partial charge < -0.3 is 19.3 Å². The largest absolute Gasteiger partial charge is 0.507 e. The number of ether oxygens (including phenoxy) is 1. The van der Waals surface area contributed by atoms with E-state index in [1.807, 2.05) is 73.1 Å². The summed E-state index contributed by atoms with van der Waals surface area (Å²) in [6.07, 6.45) is 3.40. The second-order valence-corrected chi connectivity index (χ2v) is 7.57. The van der Waals surface area contributed by atoms with Crippen LogP contribution in [0.5, 0.6) is 5.75 Å². The van der Waals surface area contributed by atoms with Crippen molar-refractivity contribution < 1.29 is 14.6 Å². The maximum Gasteiger partial charge on any atom is 0.340 e. The van der Waals surface area contributed by atoms with Crippen molar-refractivity contribution >= 4 is 22.6 Å². The lowest BCUT2D eigenvalue weighted by molar-refractivity contribution is 0.0529. The number of esters is 1. The number of hydrogen-bond acceptors (Lipinski definition) is 5. The molecule has 0 saturated heterocycles. The average Bonchev–Trinajstić information content (AvgIpc) is 3.05. The van der Waals surface area contributed by atoms with Crippen molar-refractivity contribution in [1.29, 1.82) is 0 Å². The molecule has 1 N–H and O–H groups in total. The Morgan fingerprint density at radius 3 is 2.48 bits per heavy atom. The fourth-order valence-corrected chi connectivity index (χ4v) is 3.89. The van der Waals surface area contributed by atoms with E-state index in [0.717, 1.165) is 28.0 Å². The number of phenols is 1. The van der Waals surface area contributed by atoms with Crippen molar-refractivity contribution in [2.45, 2.75) is 6.92 Å². The van der Waals surface area contributed by atoms with Crippen molar-refractivity contribution in [2.75, 3.05) is 25.6 Å². The maximum atomic E-state index is 13.0. The predicted molar refractivity (Wildman–Crippen MR) is 124 cm³/mol. The van der Waals surface area contributed by atoms with Crippen molar-refractivity contribution in [3.8, 4) is 28.1 Å². The molecule has 4 rings (SSSR count). The Balaban J connectivity index is 1.99. The summed E-state index contributed by atoms with van der Waals surface area (Å²) in [5.74, 6) is -0.320. The standard InChI is InChI=1S/C25H25N3O3/c1-5-31-25(30)23-20-14-22(29)19(17-7-6-12-26-15-17)13-21(20)28(4)24(23)16-8-10-18(11-9-16)27(2)3/h6-15,29H,5H2,1-4H3. The van der Waals surface area contributed by atoms with Crippen molar-refractivity contribution in [3.63, 3.8) is 0 Å². The second kappa shape index (κ2) is 8.14. The molecule has 2 aromatic heterocycles. The van der Waals surface area contributed by atoms with Gasteiger partial charge in [-0.15, -0.1) is 0 Å². The van der Waals surface area contributed by atoms with E-state index < -0.39 is 5.97 Å². The molecule has 0 saturated carbocycles. The van der Waals surface area contributed by atoms with Crippen LogP contribution >= 0.6 is 0 Å². The molecule has 2 aromatic carbocycles. The molecular weight excluding hydrogens is 390 g/mol. The minimum atomic E-state index is -0.409. The number of fused-ring (bicyclic) bond motifs is 1. The molecule has 31 heavy (non-hydrogen) atoms. The Labute approximate surface area is 181 Å². The van der Waals surface area contributed by atoms with E-state index in [4.69, 9.17) is 4.74 Å². The normalized spacial score (nSPS) is 11.0. The quantitative estimate of drug-likeness (QED) is 0.472. The van der Waals surface area contributed by atoms with Gasteiger partial charge in [0, 0.05) is 55.7 Å². The van der Waals surface area contributed by atoms with Gasteiger partial charge in [0.1, 0.15) is 5.75 Å². The molecule has 0 amide bonds. The predicted octanol–water partition coefficient (Wildman–Crippen LogP) is 4.86. The summed E-state index contributed by atoms with van der Waals surface area (Å²) < 4.78 is 7.35. The Bertz CT molecular complexity index is 1240. The fraction of sp³-hybridized carbons (Fsp3) is 0.200. The number of hydrogen-bond donors (Lipinski definition) is 1. The number of phenolic OH excluding ortho intramolecular Hbond substituents is 1. The first-order chi connectivity index (χ1) is 14.9. The molecule has 0 bridgehead atoms. The van der Waals surface area contributed by atoms with E-state index in [0.29, 0.717) is 16.5 Å². The van der Waals surface area contributed by atoms with Gasteiger partial charge >= 0.3 is 5.97 Å². The van der Waals surface area contributed by atoms with Gasteiger partial charge in [0.2, 0.25) is 0 Å². The number of benzene rings is 2. The van der Waals surface area contributed by atoms with E-state index >= 15 is 0 Å². The second-order valence-electron chi connectivity index (χ2n) is 7.57. The van der Waals surface area contributed by atoms with Gasteiger partial charge in [-0.25, -0.2) is 4.79 Å². The van der Waals surface area contributed by atoms with Crippen LogP contribution in [0.3, 0.4) is 0 Å². The third-order valence-electron chi connectivity index (χ3n) is 5.43. The SMILES string of the molecule is CCOC(=O)c1c(-c2ccc(N(C)C)cc2)n(C)c2cc(-c3cccnc3)c(O)cc12. The first-order valence-corrected chi connectivity index (χ1v) is 10.1. The van der Waals surface area contributed by atoms with Crippen molar-refractivity contribution in [3.05, 3.63) is 66.5 Å². The zero-order valence-electron chi connectivity index (χ0n) is 18.1. The third kappa shape index (κ3) is 3.61. The van der Waals surface area contributed by atoms with Gasteiger partial charge in [0.15, 0.2) is 0 Å². The van der Waals surface area contributed by atoms with E-state index in [1.165, 1.54) is 0 Å². The summed E-state index contributed by atoms with van der Waals surface area (Å²) in [6.45, 7) is 2.06. The highest BCUT2D eigenvalue weighted by atomic mass is 16.5. The van der Waals surface area contributed by atoms with Gasteiger partial charge in [-0.05, 0) is 42.8 Å². The number of aryl methyl sites for hydroxylation is 1. The Morgan fingerprint density at radius 1 is 1.13 bits per heavy atom. The molecule has 6 nitrogen and oxygen atoms in total. The van der Waals surface area contributed by atoms with Crippen LogP contribution in [0.15, 0.2) is 60.9 Å². The number of carbonyl (C=O) groups is 1. The molecule has 0 radical (unpaired) electrons. The van der Waals surface area contributed by atoms with Crippen LogP contribution < -0.4 is 4.90 Å². The molecule has 158 valence electrons. The first kappa shape index (κ1) is 20.5. The summed E-state index contributed by atoms with van der Waals surface area (Å²) >= 11 is 0. The maximum absolute atomic E-state index is 13.0. The zero-order valence-corrected chi connectivity index (χ0v) is 18.1. The van der Waals surface area contributed by atoms with Crippen LogP contribution in [0.25, 0.3) is 33.3 Å².